The third-order valence-electron chi connectivity index (χ3n) is 5.11. The summed E-state index contributed by atoms with van der Waals surface area (Å²) in [5.74, 6) is 1.36. The van der Waals surface area contributed by atoms with Gasteiger partial charge in [0.1, 0.15) is 0 Å². The summed E-state index contributed by atoms with van der Waals surface area (Å²) < 4.78 is 0. The molecule has 19 heavy (non-hydrogen) atoms. The van der Waals surface area contributed by atoms with Crippen molar-refractivity contribution in [2.24, 2.45) is 17.3 Å². The van der Waals surface area contributed by atoms with E-state index in [1.54, 1.807) is 0 Å². The first kappa shape index (κ1) is 14.8. The third kappa shape index (κ3) is 3.50. The third-order valence-corrected chi connectivity index (χ3v) is 5.11. The fourth-order valence-electron chi connectivity index (χ4n) is 3.61. The van der Waals surface area contributed by atoms with Crippen LogP contribution in [0.2, 0.25) is 0 Å². The fraction of sp³-hybridized carbons (Fsp3) is 0.938. The Kier molecular flexibility index (Phi) is 4.54. The standard InChI is InChI=1S/C16H30N2O/c1-12-14(7-9-17-12)15(19)18-10-5-6-13(8-11-18)16(2,3)4/h12-14,17H,5-11H2,1-4H3. The van der Waals surface area contributed by atoms with E-state index < -0.39 is 0 Å². The van der Waals surface area contributed by atoms with Crippen molar-refractivity contribution in [2.75, 3.05) is 19.6 Å². The number of nitrogens with one attached hydrogen (secondary N) is 1. The van der Waals surface area contributed by atoms with Gasteiger partial charge in [0.25, 0.3) is 0 Å². The van der Waals surface area contributed by atoms with Gasteiger partial charge in [-0.05, 0) is 50.5 Å². The minimum absolute atomic E-state index is 0.214. The number of carbonyl (C=O) groups is 1. The van der Waals surface area contributed by atoms with Crippen molar-refractivity contribution in [2.45, 2.75) is 59.4 Å². The number of amides is 1. The fourth-order valence-corrected chi connectivity index (χ4v) is 3.61. The molecule has 0 aromatic heterocycles. The zero-order valence-electron chi connectivity index (χ0n) is 13.0. The maximum absolute atomic E-state index is 12.6. The molecule has 0 aliphatic carbocycles. The molecule has 3 heteroatoms. The Morgan fingerprint density at radius 2 is 1.89 bits per heavy atom. The van der Waals surface area contributed by atoms with Crippen LogP contribution in [-0.2, 0) is 4.79 Å². The molecular formula is C16H30N2O. The Hall–Kier alpha value is -0.570. The summed E-state index contributed by atoms with van der Waals surface area (Å²) in [7, 11) is 0. The molecule has 3 nitrogen and oxygen atoms in total. The first-order valence-corrected chi connectivity index (χ1v) is 7.92. The van der Waals surface area contributed by atoms with Gasteiger partial charge in [0, 0.05) is 19.1 Å². The van der Waals surface area contributed by atoms with Crippen LogP contribution in [0.5, 0.6) is 0 Å². The van der Waals surface area contributed by atoms with Crippen LogP contribution < -0.4 is 5.32 Å². The summed E-state index contributed by atoms with van der Waals surface area (Å²) in [4.78, 5) is 14.7. The van der Waals surface area contributed by atoms with E-state index in [1.807, 2.05) is 0 Å². The van der Waals surface area contributed by atoms with E-state index in [-0.39, 0.29) is 5.92 Å². The second kappa shape index (κ2) is 5.82. The van der Waals surface area contributed by atoms with E-state index >= 15 is 0 Å². The monoisotopic (exact) mass is 266 g/mol. The van der Waals surface area contributed by atoms with Crippen LogP contribution in [-0.4, -0.2) is 36.5 Å². The second-order valence-corrected chi connectivity index (χ2v) is 7.46. The Morgan fingerprint density at radius 1 is 1.16 bits per heavy atom. The van der Waals surface area contributed by atoms with Gasteiger partial charge in [0.05, 0.1) is 5.92 Å². The zero-order chi connectivity index (χ0) is 14.0. The SMILES string of the molecule is CC1NCCC1C(=O)N1CCCC(C(C)(C)C)CC1. The van der Waals surface area contributed by atoms with Crippen LogP contribution in [0.3, 0.4) is 0 Å². The molecule has 110 valence electrons. The lowest BCUT2D eigenvalue weighted by Crippen LogP contribution is -2.41. The van der Waals surface area contributed by atoms with E-state index in [9.17, 15) is 4.79 Å². The number of rotatable bonds is 1. The maximum Gasteiger partial charge on any atom is 0.227 e. The highest BCUT2D eigenvalue weighted by Crippen LogP contribution is 2.34. The van der Waals surface area contributed by atoms with Gasteiger partial charge >= 0.3 is 0 Å². The van der Waals surface area contributed by atoms with Gasteiger partial charge in [-0.1, -0.05) is 20.8 Å². The highest BCUT2D eigenvalue weighted by atomic mass is 16.2. The minimum atomic E-state index is 0.214. The van der Waals surface area contributed by atoms with Crippen LogP contribution in [0.25, 0.3) is 0 Å². The molecule has 0 aromatic rings. The first-order chi connectivity index (χ1) is 8.89. The van der Waals surface area contributed by atoms with Crippen molar-refractivity contribution in [3.05, 3.63) is 0 Å². The van der Waals surface area contributed by atoms with Crippen molar-refractivity contribution >= 4 is 5.91 Å². The molecule has 2 saturated heterocycles. The molecular weight excluding hydrogens is 236 g/mol. The van der Waals surface area contributed by atoms with Crippen LogP contribution in [0.15, 0.2) is 0 Å². The minimum Gasteiger partial charge on any atom is -0.342 e. The zero-order valence-corrected chi connectivity index (χ0v) is 13.0. The summed E-state index contributed by atoms with van der Waals surface area (Å²) in [6.45, 7) is 12.1. The van der Waals surface area contributed by atoms with E-state index in [4.69, 9.17) is 0 Å². The Balaban J connectivity index is 1.94. The molecule has 3 unspecified atom stereocenters. The van der Waals surface area contributed by atoms with Gasteiger partial charge in [-0.15, -0.1) is 0 Å². The molecule has 0 aromatic carbocycles. The van der Waals surface area contributed by atoms with Crippen LogP contribution in [0, 0.1) is 17.3 Å². The molecule has 0 spiro atoms. The summed E-state index contributed by atoms with van der Waals surface area (Å²) in [5.41, 5.74) is 0.376. The largest absolute Gasteiger partial charge is 0.342 e. The molecule has 0 saturated carbocycles. The molecule has 3 atom stereocenters. The highest BCUT2D eigenvalue weighted by Gasteiger charge is 2.34. The van der Waals surface area contributed by atoms with Gasteiger partial charge < -0.3 is 10.2 Å². The summed E-state index contributed by atoms with van der Waals surface area (Å²) in [6, 6.07) is 0.356. The van der Waals surface area contributed by atoms with Gasteiger partial charge in [0.15, 0.2) is 0 Å². The van der Waals surface area contributed by atoms with Gasteiger partial charge in [-0.3, -0.25) is 4.79 Å². The number of hydrogen-bond donors (Lipinski definition) is 1. The van der Waals surface area contributed by atoms with Crippen LogP contribution in [0.1, 0.15) is 53.4 Å². The number of likely N-dealkylation sites (tertiary alicyclic amines) is 1. The number of carbonyl (C=O) groups excluding carboxylic acids is 1. The van der Waals surface area contributed by atoms with E-state index in [0.29, 0.717) is 17.4 Å². The molecule has 0 bridgehead atoms. The van der Waals surface area contributed by atoms with Crippen molar-refractivity contribution < 1.29 is 4.79 Å². The molecule has 2 aliphatic heterocycles. The van der Waals surface area contributed by atoms with Gasteiger partial charge in [-0.25, -0.2) is 0 Å². The Morgan fingerprint density at radius 3 is 2.47 bits per heavy atom. The normalized spacial score (nSPS) is 33.3. The van der Waals surface area contributed by atoms with E-state index in [2.05, 4.69) is 37.9 Å². The van der Waals surface area contributed by atoms with Crippen molar-refractivity contribution in [1.82, 2.24) is 10.2 Å². The number of nitrogens with zero attached hydrogens (tertiary/aromatic N) is 1. The van der Waals surface area contributed by atoms with Crippen LogP contribution in [0.4, 0.5) is 0 Å². The molecule has 2 fully saturated rings. The van der Waals surface area contributed by atoms with Gasteiger partial charge in [0.2, 0.25) is 5.91 Å². The van der Waals surface area contributed by atoms with Gasteiger partial charge in [-0.2, -0.15) is 0 Å². The molecule has 2 rings (SSSR count). The average Bonchev–Trinajstić information content (AvgIpc) is 2.62. The quantitative estimate of drug-likeness (QED) is 0.791. The van der Waals surface area contributed by atoms with Crippen LogP contribution >= 0.6 is 0 Å². The van der Waals surface area contributed by atoms with E-state index in [1.165, 1.54) is 19.3 Å². The van der Waals surface area contributed by atoms with E-state index in [0.717, 1.165) is 32.0 Å². The molecule has 2 aliphatic rings. The lowest BCUT2D eigenvalue weighted by molar-refractivity contribution is -0.135. The first-order valence-electron chi connectivity index (χ1n) is 7.92. The average molecular weight is 266 g/mol. The summed E-state index contributed by atoms with van der Waals surface area (Å²) in [6.07, 6.45) is 4.62. The molecule has 0 radical (unpaired) electrons. The Bertz CT molecular complexity index is 321. The predicted octanol–water partition coefficient (Wildman–Crippen LogP) is 2.66. The van der Waals surface area contributed by atoms with Crippen molar-refractivity contribution in [3.63, 3.8) is 0 Å². The lowest BCUT2D eigenvalue weighted by atomic mass is 9.77. The molecule has 1 amide bonds. The highest BCUT2D eigenvalue weighted by molar-refractivity contribution is 5.80. The summed E-state index contributed by atoms with van der Waals surface area (Å²) >= 11 is 0. The summed E-state index contributed by atoms with van der Waals surface area (Å²) in [5, 5.41) is 3.39. The lowest BCUT2D eigenvalue weighted by Gasteiger charge is -2.30. The van der Waals surface area contributed by atoms with Crippen molar-refractivity contribution in [3.8, 4) is 0 Å². The second-order valence-electron chi connectivity index (χ2n) is 7.46. The Labute approximate surface area is 118 Å². The maximum atomic E-state index is 12.6. The molecule has 1 N–H and O–H groups in total. The number of hydrogen-bond acceptors (Lipinski definition) is 2. The smallest absolute Gasteiger partial charge is 0.227 e. The molecule has 2 heterocycles. The predicted molar refractivity (Wildman–Crippen MR) is 78.9 cm³/mol. The van der Waals surface area contributed by atoms with Crippen molar-refractivity contribution in [1.29, 1.82) is 0 Å². The topological polar surface area (TPSA) is 32.3 Å².